The van der Waals surface area contributed by atoms with E-state index in [0.717, 1.165) is 20.6 Å². The lowest BCUT2D eigenvalue weighted by Gasteiger charge is -1.98. The van der Waals surface area contributed by atoms with Crippen molar-refractivity contribution in [1.29, 1.82) is 0 Å². The first-order valence-corrected chi connectivity index (χ1v) is 10.1. The van der Waals surface area contributed by atoms with Crippen LogP contribution in [0.3, 0.4) is 0 Å². The highest BCUT2D eigenvalue weighted by Gasteiger charge is 2.08. The van der Waals surface area contributed by atoms with Gasteiger partial charge in [0.05, 0.1) is 22.4 Å². The molecule has 0 spiro atoms. The summed E-state index contributed by atoms with van der Waals surface area (Å²) in [6.45, 7) is 1.69. The van der Waals surface area contributed by atoms with Crippen LogP contribution in [0.2, 0.25) is 0 Å². The summed E-state index contributed by atoms with van der Waals surface area (Å²) < 4.78 is 28.7. The molecular formula is C18H17NO3S2. The maximum atomic E-state index is 11.4. The Bertz CT molecular complexity index is 1030. The number of nitrogens with zero attached hydrogens (tertiary/aromatic N) is 1. The Morgan fingerprint density at radius 3 is 2.83 bits per heavy atom. The van der Waals surface area contributed by atoms with Crippen molar-refractivity contribution in [2.45, 2.75) is 19.8 Å². The molecule has 3 aromatic rings. The van der Waals surface area contributed by atoms with Crippen molar-refractivity contribution in [3.05, 3.63) is 41.4 Å². The van der Waals surface area contributed by atoms with Gasteiger partial charge in [0, 0.05) is 5.39 Å². The van der Waals surface area contributed by atoms with Gasteiger partial charge in [-0.3, -0.25) is 4.18 Å². The molecule has 1 heterocycles. The number of benzene rings is 2. The van der Waals surface area contributed by atoms with Gasteiger partial charge in [-0.25, -0.2) is 4.98 Å². The van der Waals surface area contributed by atoms with Crippen LogP contribution in [0, 0.1) is 11.8 Å². The quantitative estimate of drug-likeness (QED) is 0.514. The molecule has 0 saturated heterocycles. The van der Waals surface area contributed by atoms with E-state index in [-0.39, 0.29) is 12.4 Å². The Morgan fingerprint density at radius 2 is 2.00 bits per heavy atom. The van der Waals surface area contributed by atoms with Crippen LogP contribution in [0.4, 0.5) is 0 Å². The van der Waals surface area contributed by atoms with Crippen LogP contribution in [-0.4, -0.2) is 25.8 Å². The molecule has 124 valence electrons. The van der Waals surface area contributed by atoms with E-state index >= 15 is 0 Å². The molecule has 0 N–H and O–H groups in total. The Balaban J connectivity index is 1.71. The molecule has 6 heteroatoms. The number of hydrogen-bond donors (Lipinski definition) is 0. The fraction of sp³-hybridized carbons (Fsp3) is 0.278. The van der Waals surface area contributed by atoms with Crippen molar-refractivity contribution in [3.8, 4) is 11.8 Å². The van der Waals surface area contributed by atoms with E-state index in [2.05, 4.69) is 41.1 Å². The van der Waals surface area contributed by atoms with Crippen LogP contribution in [-0.2, 0) is 20.7 Å². The highest BCUT2D eigenvalue weighted by atomic mass is 32.2. The highest BCUT2D eigenvalue weighted by molar-refractivity contribution is 7.86. The summed E-state index contributed by atoms with van der Waals surface area (Å²) in [7, 11) is -3.44. The first kappa shape index (κ1) is 16.9. The van der Waals surface area contributed by atoms with Gasteiger partial charge in [-0.05, 0) is 17.9 Å². The molecule has 0 atom stereocenters. The molecule has 3 rings (SSSR count). The zero-order valence-electron chi connectivity index (χ0n) is 13.3. The van der Waals surface area contributed by atoms with Gasteiger partial charge >= 0.3 is 0 Å². The van der Waals surface area contributed by atoms with Crippen molar-refractivity contribution >= 4 is 42.4 Å². The number of aromatic nitrogens is 1. The standard InChI is InChI=1S/C18H17NO3S2/c1-2-13-24(20,21)22-12-6-5-9-17-19-18-15-8-4-3-7-14(15)10-11-16(18)23-17/h3-4,7-8,10-11H,2,9,12-13H2,1H3. The van der Waals surface area contributed by atoms with E-state index in [1.54, 1.807) is 18.3 Å². The molecule has 0 unspecified atom stereocenters. The molecule has 24 heavy (non-hydrogen) atoms. The van der Waals surface area contributed by atoms with Gasteiger partial charge < -0.3 is 0 Å². The minimum absolute atomic E-state index is 0.0274. The van der Waals surface area contributed by atoms with Gasteiger partial charge in [0.2, 0.25) is 0 Å². The monoisotopic (exact) mass is 359 g/mol. The third kappa shape index (κ3) is 3.93. The maximum absolute atomic E-state index is 11.4. The van der Waals surface area contributed by atoms with Crippen LogP contribution in [0.1, 0.15) is 18.4 Å². The smallest absolute Gasteiger partial charge is 0.257 e. The molecule has 0 fully saturated rings. The first-order valence-electron chi connectivity index (χ1n) is 7.69. The lowest BCUT2D eigenvalue weighted by atomic mass is 10.1. The molecule has 1 aromatic heterocycles. The third-order valence-corrected chi connectivity index (χ3v) is 5.86. The van der Waals surface area contributed by atoms with Gasteiger partial charge in [-0.2, -0.15) is 8.42 Å². The Morgan fingerprint density at radius 1 is 1.17 bits per heavy atom. The molecule has 0 amide bonds. The van der Waals surface area contributed by atoms with Gasteiger partial charge in [0.25, 0.3) is 10.1 Å². The van der Waals surface area contributed by atoms with Crippen molar-refractivity contribution in [1.82, 2.24) is 4.98 Å². The van der Waals surface area contributed by atoms with E-state index in [9.17, 15) is 8.42 Å². The molecule has 0 bridgehead atoms. The predicted molar refractivity (Wildman–Crippen MR) is 98.6 cm³/mol. The predicted octanol–water partition coefficient (Wildman–Crippen LogP) is 3.75. The van der Waals surface area contributed by atoms with E-state index in [1.807, 2.05) is 12.1 Å². The van der Waals surface area contributed by atoms with Crippen molar-refractivity contribution in [2.75, 3.05) is 12.4 Å². The van der Waals surface area contributed by atoms with Gasteiger partial charge in [0.1, 0.15) is 11.6 Å². The Kier molecular flexibility index (Phi) is 5.14. The number of rotatable bonds is 5. The molecule has 0 aliphatic heterocycles. The third-order valence-electron chi connectivity index (χ3n) is 3.46. The van der Waals surface area contributed by atoms with E-state index in [0.29, 0.717) is 12.8 Å². The molecule has 0 aliphatic carbocycles. The summed E-state index contributed by atoms with van der Waals surface area (Å²) in [6, 6.07) is 12.3. The van der Waals surface area contributed by atoms with Gasteiger partial charge in [0.15, 0.2) is 0 Å². The minimum Gasteiger partial charge on any atom is -0.257 e. The second-order valence-electron chi connectivity index (χ2n) is 5.30. The zero-order chi connectivity index (χ0) is 17.0. The fourth-order valence-electron chi connectivity index (χ4n) is 2.40. The van der Waals surface area contributed by atoms with Crippen LogP contribution in [0.15, 0.2) is 36.4 Å². The summed E-state index contributed by atoms with van der Waals surface area (Å²) in [5, 5.41) is 3.23. The first-order chi connectivity index (χ1) is 11.6. The fourth-order valence-corrected chi connectivity index (χ4v) is 4.18. The molecule has 2 aromatic carbocycles. The lowest BCUT2D eigenvalue weighted by Crippen LogP contribution is -2.09. The number of thiazole rings is 1. The van der Waals surface area contributed by atoms with Crippen LogP contribution >= 0.6 is 11.3 Å². The number of hydrogen-bond acceptors (Lipinski definition) is 5. The Hall–Kier alpha value is -1.94. The lowest BCUT2D eigenvalue weighted by molar-refractivity contribution is 0.363. The second kappa shape index (κ2) is 7.31. The minimum atomic E-state index is -3.44. The molecule has 4 nitrogen and oxygen atoms in total. The summed E-state index contributed by atoms with van der Waals surface area (Å²) in [5.41, 5.74) is 0.997. The SMILES string of the molecule is CCCS(=O)(=O)OCC#CCc1nc2c(ccc3ccccc32)s1. The maximum Gasteiger partial charge on any atom is 0.268 e. The van der Waals surface area contributed by atoms with E-state index in [1.165, 1.54) is 5.39 Å². The average molecular weight is 359 g/mol. The van der Waals surface area contributed by atoms with E-state index < -0.39 is 10.1 Å². The summed E-state index contributed by atoms with van der Waals surface area (Å²) in [5.74, 6) is 5.71. The van der Waals surface area contributed by atoms with Crippen molar-refractivity contribution in [2.24, 2.45) is 0 Å². The largest absolute Gasteiger partial charge is 0.268 e. The Labute approximate surface area is 145 Å². The average Bonchev–Trinajstić information content (AvgIpc) is 2.98. The molecule has 0 radical (unpaired) electrons. The number of fused-ring (bicyclic) bond motifs is 3. The van der Waals surface area contributed by atoms with Gasteiger partial charge in [-0.1, -0.05) is 49.1 Å². The summed E-state index contributed by atoms with van der Waals surface area (Å²) in [6.07, 6.45) is 1.03. The highest BCUT2D eigenvalue weighted by Crippen LogP contribution is 2.29. The topological polar surface area (TPSA) is 56.3 Å². The normalized spacial score (nSPS) is 11.5. The zero-order valence-corrected chi connectivity index (χ0v) is 14.9. The van der Waals surface area contributed by atoms with Crippen LogP contribution < -0.4 is 0 Å². The van der Waals surface area contributed by atoms with Crippen LogP contribution in [0.5, 0.6) is 0 Å². The molecule has 0 aliphatic rings. The molecular weight excluding hydrogens is 342 g/mol. The molecule has 0 saturated carbocycles. The summed E-state index contributed by atoms with van der Waals surface area (Å²) in [4.78, 5) is 4.67. The van der Waals surface area contributed by atoms with E-state index in [4.69, 9.17) is 4.18 Å². The van der Waals surface area contributed by atoms with Crippen molar-refractivity contribution in [3.63, 3.8) is 0 Å². The second-order valence-corrected chi connectivity index (χ2v) is 8.17. The van der Waals surface area contributed by atoms with Gasteiger partial charge in [-0.15, -0.1) is 11.3 Å². The summed E-state index contributed by atoms with van der Waals surface area (Å²) >= 11 is 1.61. The van der Waals surface area contributed by atoms with Crippen molar-refractivity contribution < 1.29 is 12.6 Å². The van der Waals surface area contributed by atoms with Crippen LogP contribution in [0.25, 0.3) is 21.0 Å².